The van der Waals surface area contributed by atoms with E-state index in [0.717, 1.165) is 28.8 Å². The number of benzene rings is 4. The number of nitrogens with one attached hydrogen (secondary N) is 1. The Kier molecular flexibility index (Phi) is 7.05. The lowest BCUT2D eigenvalue weighted by atomic mass is 9.76. The summed E-state index contributed by atoms with van der Waals surface area (Å²) in [5, 5.41) is 25.1. The van der Waals surface area contributed by atoms with E-state index < -0.39 is 58.3 Å². The van der Waals surface area contributed by atoms with E-state index in [1.54, 1.807) is 0 Å². The highest BCUT2D eigenvalue weighted by atomic mass is 19.3. The number of halogens is 2. The van der Waals surface area contributed by atoms with Gasteiger partial charge in [0.05, 0.1) is 16.5 Å². The van der Waals surface area contributed by atoms with Gasteiger partial charge < -0.3 is 19.3 Å². The Balaban J connectivity index is 1.55. The summed E-state index contributed by atoms with van der Waals surface area (Å²) in [5.74, 6) is -2.77. The molecule has 0 saturated heterocycles. The summed E-state index contributed by atoms with van der Waals surface area (Å²) in [6.07, 6.45) is -4.00. The molecule has 5 rings (SSSR count). The SMILES string of the molecule is O=C(O)[C@H](COc1cc2c(cc1[N+](=O)[O-])OC(F)(F)O2)NC(c1ccccc1)(c1ccccc1)c1ccccc1. The van der Waals surface area contributed by atoms with Gasteiger partial charge in [-0.2, -0.15) is 0 Å². The molecule has 1 aliphatic rings. The molecule has 0 radical (unpaired) electrons. The van der Waals surface area contributed by atoms with Crippen molar-refractivity contribution in [1.82, 2.24) is 5.32 Å². The van der Waals surface area contributed by atoms with Gasteiger partial charge in [-0.1, -0.05) is 91.0 Å². The van der Waals surface area contributed by atoms with Crippen LogP contribution in [0.15, 0.2) is 103 Å². The molecule has 4 aromatic carbocycles. The zero-order valence-corrected chi connectivity index (χ0v) is 20.7. The highest BCUT2D eigenvalue weighted by Gasteiger charge is 2.45. The first kappa shape index (κ1) is 26.6. The Morgan fingerprint density at radius 3 is 1.77 bits per heavy atom. The molecule has 0 bridgehead atoms. The monoisotopic (exact) mass is 548 g/mol. The minimum absolute atomic E-state index is 0.456. The molecule has 4 aromatic rings. The fourth-order valence-corrected chi connectivity index (χ4v) is 4.65. The van der Waals surface area contributed by atoms with E-state index in [1.807, 2.05) is 91.0 Å². The molecule has 9 nitrogen and oxygen atoms in total. The normalized spacial score (nSPS) is 14.3. The van der Waals surface area contributed by atoms with Crippen LogP contribution in [-0.2, 0) is 10.3 Å². The maximum atomic E-state index is 13.5. The standard InChI is InChI=1S/C29H22F2N2O7/c30-29(31)39-25-16-23(33(36)37)24(17-26(25)40-29)38-18-22(27(34)35)32-28(19-10-4-1-5-11-19,20-12-6-2-7-13-20)21-14-8-3-9-15-21/h1-17,22,32H,18H2,(H,34,35)/t22-/m0/s1. The Hall–Kier alpha value is -5.03. The number of ether oxygens (including phenoxy) is 3. The van der Waals surface area contributed by atoms with Crippen LogP contribution in [0.25, 0.3) is 0 Å². The number of hydrogen-bond acceptors (Lipinski definition) is 7. The van der Waals surface area contributed by atoms with Crippen LogP contribution in [0.2, 0.25) is 0 Å². The van der Waals surface area contributed by atoms with Gasteiger partial charge in [0.15, 0.2) is 11.5 Å². The van der Waals surface area contributed by atoms with Crippen molar-refractivity contribution in [3.05, 3.63) is 130 Å². The molecule has 1 heterocycles. The predicted octanol–water partition coefficient (Wildman–Crippen LogP) is 5.33. The molecule has 0 aromatic heterocycles. The van der Waals surface area contributed by atoms with E-state index in [1.165, 1.54) is 0 Å². The van der Waals surface area contributed by atoms with Gasteiger partial charge >= 0.3 is 18.0 Å². The van der Waals surface area contributed by atoms with Crippen LogP contribution in [0.1, 0.15) is 16.7 Å². The second-order valence-electron chi connectivity index (χ2n) is 8.89. The van der Waals surface area contributed by atoms with Crippen LogP contribution in [-0.4, -0.2) is 34.9 Å². The van der Waals surface area contributed by atoms with Crippen molar-refractivity contribution in [3.63, 3.8) is 0 Å². The predicted molar refractivity (Wildman–Crippen MR) is 139 cm³/mol. The number of nitro benzene ring substituents is 1. The number of carboxylic acid groups (broad SMARTS) is 1. The fourth-order valence-electron chi connectivity index (χ4n) is 4.65. The molecule has 1 atom stereocenters. The van der Waals surface area contributed by atoms with Gasteiger partial charge in [0.25, 0.3) is 0 Å². The number of fused-ring (bicyclic) bond motifs is 1. The van der Waals surface area contributed by atoms with Gasteiger partial charge in [0.2, 0.25) is 5.75 Å². The summed E-state index contributed by atoms with van der Waals surface area (Å²) >= 11 is 0. The maximum Gasteiger partial charge on any atom is 0.586 e. The highest BCUT2D eigenvalue weighted by molar-refractivity contribution is 5.74. The second kappa shape index (κ2) is 10.6. The zero-order valence-electron chi connectivity index (χ0n) is 20.7. The number of carbonyl (C=O) groups is 1. The Labute approximate surface area is 226 Å². The molecule has 1 aliphatic heterocycles. The molecule has 0 amide bonds. The third kappa shape index (κ3) is 5.14. The number of rotatable bonds is 10. The van der Waals surface area contributed by atoms with Crippen molar-refractivity contribution in [2.24, 2.45) is 0 Å². The summed E-state index contributed by atoms with van der Waals surface area (Å²) in [6, 6.07) is 27.8. The number of carboxylic acids is 1. The maximum absolute atomic E-state index is 13.5. The smallest absolute Gasteiger partial charge is 0.484 e. The third-order valence-electron chi connectivity index (χ3n) is 6.39. The van der Waals surface area contributed by atoms with Crippen LogP contribution in [0.3, 0.4) is 0 Å². The minimum atomic E-state index is -4.00. The average Bonchev–Trinajstić information content (AvgIpc) is 3.26. The summed E-state index contributed by atoms with van der Waals surface area (Å²) in [7, 11) is 0. The van der Waals surface area contributed by atoms with Crippen molar-refractivity contribution in [2.75, 3.05) is 6.61 Å². The van der Waals surface area contributed by atoms with Crippen LogP contribution in [0, 0.1) is 10.1 Å². The van der Waals surface area contributed by atoms with E-state index in [0.29, 0.717) is 0 Å². The van der Waals surface area contributed by atoms with Crippen molar-refractivity contribution in [1.29, 1.82) is 0 Å². The van der Waals surface area contributed by atoms with Crippen molar-refractivity contribution < 1.29 is 37.8 Å². The average molecular weight is 548 g/mol. The van der Waals surface area contributed by atoms with E-state index in [4.69, 9.17) is 4.74 Å². The lowest BCUT2D eigenvalue weighted by molar-refractivity contribution is -0.386. The summed E-state index contributed by atoms with van der Waals surface area (Å²) < 4.78 is 41.4. The summed E-state index contributed by atoms with van der Waals surface area (Å²) in [4.78, 5) is 23.4. The molecule has 0 fully saturated rings. The lowest BCUT2D eigenvalue weighted by Crippen LogP contribution is -2.54. The highest BCUT2D eigenvalue weighted by Crippen LogP contribution is 2.47. The molecule has 204 valence electrons. The van der Waals surface area contributed by atoms with Gasteiger partial charge in [0, 0.05) is 6.07 Å². The molecule has 2 N–H and O–H groups in total. The Morgan fingerprint density at radius 2 is 1.35 bits per heavy atom. The van der Waals surface area contributed by atoms with Gasteiger partial charge in [-0.15, -0.1) is 8.78 Å². The van der Waals surface area contributed by atoms with Gasteiger partial charge in [-0.3, -0.25) is 20.2 Å². The Morgan fingerprint density at radius 1 is 0.900 bits per heavy atom. The summed E-state index contributed by atoms with van der Waals surface area (Å²) in [5.41, 5.74) is 0.323. The number of hydrogen-bond donors (Lipinski definition) is 2. The quantitative estimate of drug-likeness (QED) is 0.155. The van der Waals surface area contributed by atoms with Crippen LogP contribution in [0.4, 0.5) is 14.5 Å². The lowest BCUT2D eigenvalue weighted by Gasteiger charge is -2.39. The van der Waals surface area contributed by atoms with E-state index >= 15 is 0 Å². The molecule has 0 spiro atoms. The van der Waals surface area contributed by atoms with E-state index in [9.17, 15) is 28.8 Å². The van der Waals surface area contributed by atoms with E-state index in [-0.39, 0.29) is 0 Å². The van der Waals surface area contributed by atoms with Crippen LogP contribution < -0.4 is 19.5 Å². The number of aliphatic carboxylic acids is 1. The van der Waals surface area contributed by atoms with Crippen LogP contribution in [0.5, 0.6) is 17.2 Å². The van der Waals surface area contributed by atoms with Gasteiger partial charge in [-0.25, -0.2) is 0 Å². The zero-order chi connectivity index (χ0) is 28.3. The molecule has 0 saturated carbocycles. The molecule has 40 heavy (non-hydrogen) atoms. The molecule has 0 aliphatic carbocycles. The third-order valence-corrected chi connectivity index (χ3v) is 6.39. The first-order valence-electron chi connectivity index (χ1n) is 12.1. The number of nitro groups is 1. The van der Waals surface area contributed by atoms with Crippen molar-refractivity contribution in [3.8, 4) is 17.2 Å². The van der Waals surface area contributed by atoms with Crippen LogP contribution >= 0.6 is 0 Å². The molecule has 11 heteroatoms. The first-order chi connectivity index (χ1) is 19.2. The van der Waals surface area contributed by atoms with Crippen molar-refractivity contribution in [2.45, 2.75) is 17.9 Å². The second-order valence-corrected chi connectivity index (χ2v) is 8.89. The molecule has 0 unspecified atom stereocenters. The molecular weight excluding hydrogens is 526 g/mol. The minimum Gasteiger partial charge on any atom is -0.484 e. The Bertz CT molecular complexity index is 1420. The van der Waals surface area contributed by atoms with Crippen molar-refractivity contribution >= 4 is 11.7 Å². The van der Waals surface area contributed by atoms with Gasteiger partial charge in [0.1, 0.15) is 12.6 Å². The topological polar surface area (TPSA) is 120 Å². The number of alkyl halides is 2. The largest absolute Gasteiger partial charge is 0.586 e. The summed E-state index contributed by atoms with van der Waals surface area (Å²) in [6.45, 7) is -0.597. The first-order valence-corrected chi connectivity index (χ1v) is 12.1. The molecular formula is C29H22F2N2O7. The van der Waals surface area contributed by atoms with E-state index in [2.05, 4.69) is 14.8 Å². The number of nitrogens with zero attached hydrogens (tertiary/aromatic N) is 1. The van der Waals surface area contributed by atoms with Gasteiger partial charge in [-0.05, 0) is 16.7 Å². The fraction of sp³-hybridized carbons (Fsp3) is 0.138.